The molecule has 1 heterocycles. The molecule has 1 aliphatic carbocycles. The number of alkyl halides is 1. The highest BCUT2D eigenvalue weighted by Crippen LogP contribution is 2.26. The Labute approximate surface area is 119 Å². The molecule has 1 atom stereocenters. The normalized spacial score (nSPS) is 20.3. The Bertz CT molecular complexity index is 612. The van der Waals surface area contributed by atoms with E-state index in [-0.39, 0.29) is 5.38 Å². The maximum absolute atomic E-state index is 6.30. The number of nitrogens with zero attached hydrogens (tertiary/aromatic N) is 2. The SMILES string of the molecule is Cn1nc(CC2=CC(Cl)CCCC2)c2ccccc21. The van der Waals surface area contributed by atoms with Gasteiger partial charge >= 0.3 is 0 Å². The average Bonchev–Trinajstić information content (AvgIpc) is 2.58. The average molecular weight is 275 g/mol. The molecule has 1 aromatic heterocycles. The Morgan fingerprint density at radius 3 is 3.05 bits per heavy atom. The van der Waals surface area contributed by atoms with Crippen molar-refractivity contribution in [2.24, 2.45) is 7.05 Å². The van der Waals surface area contributed by atoms with Crippen LogP contribution in [0.1, 0.15) is 31.4 Å². The molecule has 100 valence electrons. The van der Waals surface area contributed by atoms with Gasteiger partial charge in [-0.15, -0.1) is 11.6 Å². The van der Waals surface area contributed by atoms with Crippen LogP contribution in [0.3, 0.4) is 0 Å². The van der Waals surface area contributed by atoms with Gasteiger partial charge in [-0.2, -0.15) is 5.10 Å². The highest BCUT2D eigenvalue weighted by atomic mass is 35.5. The van der Waals surface area contributed by atoms with Gasteiger partial charge in [0.1, 0.15) is 0 Å². The zero-order valence-electron chi connectivity index (χ0n) is 11.3. The van der Waals surface area contributed by atoms with Crippen molar-refractivity contribution in [2.75, 3.05) is 0 Å². The lowest BCUT2D eigenvalue weighted by atomic mass is 10.0. The van der Waals surface area contributed by atoms with Gasteiger partial charge in [0.25, 0.3) is 0 Å². The summed E-state index contributed by atoms with van der Waals surface area (Å²) in [5.41, 5.74) is 3.82. The van der Waals surface area contributed by atoms with E-state index in [0.29, 0.717) is 0 Å². The van der Waals surface area contributed by atoms with Gasteiger partial charge in [-0.25, -0.2) is 0 Å². The summed E-state index contributed by atoms with van der Waals surface area (Å²) < 4.78 is 1.97. The minimum atomic E-state index is 0.201. The maximum Gasteiger partial charge on any atom is 0.0743 e. The number of benzene rings is 1. The van der Waals surface area contributed by atoms with E-state index in [1.165, 1.54) is 35.0 Å². The first kappa shape index (κ1) is 12.7. The monoisotopic (exact) mass is 274 g/mol. The van der Waals surface area contributed by atoms with Crippen LogP contribution in [-0.4, -0.2) is 15.2 Å². The van der Waals surface area contributed by atoms with Crippen LogP contribution in [0, 0.1) is 0 Å². The smallest absolute Gasteiger partial charge is 0.0743 e. The number of rotatable bonds is 2. The lowest BCUT2D eigenvalue weighted by Gasteiger charge is -2.04. The summed E-state index contributed by atoms with van der Waals surface area (Å²) in [4.78, 5) is 0. The van der Waals surface area contributed by atoms with Crippen LogP contribution in [0.15, 0.2) is 35.9 Å². The number of hydrogen-bond acceptors (Lipinski definition) is 1. The van der Waals surface area contributed by atoms with Gasteiger partial charge in [0.2, 0.25) is 0 Å². The number of aryl methyl sites for hydroxylation is 1. The fourth-order valence-electron chi connectivity index (χ4n) is 2.90. The van der Waals surface area contributed by atoms with Crippen molar-refractivity contribution in [2.45, 2.75) is 37.5 Å². The second-order valence-electron chi connectivity index (χ2n) is 5.35. The minimum absolute atomic E-state index is 0.201. The fraction of sp³-hybridized carbons (Fsp3) is 0.438. The van der Waals surface area contributed by atoms with Crippen molar-refractivity contribution in [3.8, 4) is 0 Å². The molecule has 0 saturated heterocycles. The molecule has 0 saturated carbocycles. The summed E-state index contributed by atoms with van der Waals surface area (Å²) in [6.45, 7) is 0. The Kier molecular flexibility index (Phi) is 3.61. The van der Waals surface area contributed by atoms with Gasteiger partial charge in [-0.05, 0) is 25.3 Å². The quantitative estimate of drug-likeness (QED) is 0.592. The van der Waals surface area contributed by atoms with E-state index in [1.54, 1.807) is 0 Å². The number of allylic oxidation sites excluding steroid dienone is 2. The van der Waals surface area contributed by atoms with Crippen molar-refractivity contribution in [3.05, 3.63) is 41.6 Å². The summed E-state index contributed by atoms with van der Waals surface area (Å²) in [7, 11) is 2.01. The van der Waals surface area contributed by atoms with Gasteiger partial charge in [-0.3, -0.25) is 4.68 Å². The van der Waals surface area contributed by atoms with E-state index in [4.69, 9.17) is 11.6 Å². The summed E-state index contributed by atoms with van der Waals surface area (Å²) in [5.74, 6) is 0. The third-order valence-electron chi connectivity index (χ3n) is 3.87. The van der Waals surface area contributed by atoms with Crippen LogP contribution in [-0.2, 0) is 13.5 Å². The van der Waals surface area contributed by atoms with Crippen molar-refractivity contribution < 1.29 is 0 Å². The van der Waals surface area contributed by atoms with Crippen LogP contribution < -0.4 is 0 Å². The highest BCUT2D eigenvalue weighted by Gasteiger charge is 2.13. The maximum atomic E-state index is 6.30. The summed E-state index contributed by atoms with van der Waals surface area (Å²) in [6.07, 6.45) is 7.93. The van der Waals surface area contributed by atoms with Crippen LogP contribution in [0.5, 0.6) is 0 Å². The number of halogens is 1. The van der Waals surface area contributed by atoms with E-state index >= 15 is 0 Å². The zero-order chi connectivity index (χ0) is 13.2. The third-order valence-corrected chi connectivity index (χ3v) is 4.22. The topological polar surface area (TPSA) is 17.8 Å². The number of fused-ring (bicyclic) bond motifs is 1. The predicted octanol–water partition coefficient (Wildman–Crippen LogP) is 4.22. The summed E-state index contributed by atoms with van der Waals surface area (Å²) in [5, 5.41) is 6.14. The van der Waals surface area contributed by atoms with Crippen LogP contribution in [0.2, 0.25) is 0 Å². The first-order chi connectivity index (χ1) is 9.24. The first-order valence-corrected chi connectivity index (χ1v) is 7.42. The predicted molar refractivity (Wildman–Crippen MR) is 80.6 cm³/mol. The molecule has 3 rings (SSSR count). The van der Waals surface area contributed by atoms with Crippen molar-refractivity contribution in [3.63, 3.8) is 0 Å². The minimum Gasteiger partial charge on any atom is -0.268 e. The molecule has 0 amide bonds. The van der Waals surface area contributed by atoms with E-state index in [1.807, 2.05) is 11.7 Å². The molecule has 0 N–H and O–H groups in total. The van der Waals surface area contributed by atoms with Gasteiger partial charge < -0.3 is 0 Å². The van der Waals surface area contributed by atoms with E-state index in [9.17, 15) is 0 Å². The molecule has 1 aromatic carbocycles. The highest BCUT2D eigenvalue weighted by molar-refractivity contribution is 6.21. The Hall–Kier alpha value is -1.28. The second-order valence-corrected chi connectivity index (χ2v) is 5.91. The van der Waals surface area contributed by atoms with E-state index in [2.05, 4.69) is 35.4 Å². The van der Waals surface area contributed by atoms with E-state index < -0.39 is 0 Å². The molecule has 0 bridgehead atoms. The zero-order valence-corrected chi connectivity index (χ0v) is 12.0. The molecule has 2 nitrogen and oxygen atoms in total. The molecule has 1 unspecified atom stereocenters. The molecule has 19 heavy (non-hydrogen) atoms. The number of para-hydroxylation sites is 1. The molecule has 0 spiro atoms. The van der Waals surface area contributed by atoms with Gasteiger partial charge in [0.05, 0.1) is 16.6 Å². The van der Waals surface area contributed by atoms with Gasteiger partial charge in [0.15, 0.2) is 0 Å². The second kappa shape index (κ2) is 5.38. The van der Waals surface area contributed by atoms with Gasteiger partial charge in [-0.1, -0.05) is 36.3 Å². The van der Waals surface area contributed by atoms with Crippen LogP contribution in [0.25, 0.3) is 10.9 Å². The number of aromatic nitrogens is 2. The molecule has 2 aromatic rings. The molecule has 0 fully saturated rings. The largest absolute Gasteiger partial charge is 0.268 e. The van der Waals surface area contributed by atoms with Crippen molar-refractivity contribution in [1.29, 1.82) is 0 Å². The van der Waals surface area contributed by atoms with E-state index in [0.717, 1.165) is 19.3 Å². The lowest BCUT2D eigenvalue weighted by Crippen LogP contribution is -1.97. The molecule has 1 aliphatic rings. The first-order valence-electron chi connectivity index (χ1n) is 6.98. The molecular weight excluding hydrogens is 256 g/mol. The molecule has 0 radical (unpaired) electrons. The summed E-state index contributed by atoms with van der Waals surface area (Å²) >= 11 is 6.30. The van der Waals surface area contributed by atoms with Crippen molar-refractivity contribution >= 4 is 22.5 Å². The molecule has 0 aliphatic heterocycles. The molecular formula is C16H19ClN2. The third kappa shape index (κ3) is 2.69. The van der Waals surface area contributed by atoms with Crippen LogP contribution >= 0.6 is 11.6 Å². The Morgan fingerprint density at radius 2 is 2.16 bits per heavy atom. The Balaban J connectivity index is 1.93. The van der Waals surface area contributed by atoms with Crippen molar-refractivity contribution in [1.82, 2.24) is 9.78 Å². The fourth-order valence-corrected chi connectivity index (χ4v) is 3.23. The molecule has 3 heteroatoms. The summed E-state index contributed by atoms with van der Waals surface area (Å²) in [6, 6.07) is 8.43. The Morgan fingerprint density at radius 1 is 1.32 bits per heavy atom. The van der Waals surface area contributed by atoms with Crippen LogP contribution in [0.4, 0.5) is 0 Å². The number of hydrogen-bond donors (Lipinski definition) is 0. The van der Waals surface area contributed by atoms with Gasteiger partial charge in [0, 0.05) is 18.9 Å². The lowest BCUT2D eigenvalue weighted by molar-refractivity contribution is 0.706. The standard InChI is InChI=1S/C16H19ClN2/c1-19-16-9-5-4-8-14(16)15(18-19)11-12-6-2-3-7-13(17)10-12/h4-5,8-10,13H,2-3,6-7,11H2,1H3.